The van der Waals surface area contributed by atoms with Gasteiger partial charge in [0.25, 0.3) is 0 Å². The summed E-state index contributed by atoms with van der Waals surface area (Å²) in [7, 11) is 1.82. The third kappa shape index (κ3) is 5.25. The van der Waals surface area contributed by atoms with Gasteiger partial charge in [-0.25, -0.2) is 0 Å². The van der Waals surface area contributed by atoms with Gasteiger partial charge in [0.1, 0.15) is 0 Å². The minimum absolute atomic E-state index is 0.418. The van der Waals surface area contributed by atoms with Crippen molar-refractivity contribution >= 4 is 5.96 Å². The largest absolute Gasteiger partial charge is 0.355 e. The summed E-state index contributed by atoms with van der Waals surface area (Å²) in [6.07, 6.45) is 2.72. The van der Waals surface area contributed by atoms with Crippen LogP contribution in [0.1, 0.15) is 40.5 Å². The lowest BCUT2D eigenvalue weighted by molar-refractivity contribution is 0.139. The van der Waals surface area contributed by atoms with E-state index in [4.69, 9.17) is 0 Å². The monoisotopic (exact) mass is 254 g/mol. The zero-order valence-corrected chi connectivity index (χ0v) is 12.7. The smallest absolute Gasteiger partial charge is 0.191 e. The van der Waals surface area contributed by atoms with Crippen molar-refractivity contribution in [3.63, 3.8) is 0 Å². The van der Waals surface area contributed by atoms with E-state index in [1.54, 1.807) is 0 Å². The standard InChI is InChI=1S/C14H30N4/c1-11(2)17-14(15-5)16-9-13(4)18-8-6-7-12(3)10-18/h11-13H,6-10H2,1-5H3,(H2,15,16,17). The first-order valence-electron chi connectivity index (χ1n) is 7.24. The highest BCUT2D eigenvalue weighted by Gasteiger charge is 2.20. The average molecular weight is 254 g/mol. The highest BCUT2D eigenvalue weighted by molar-refractivity contribution is 5.79. The van der Waals surface area contributed by atoms with Crippen molar-refractivity contribution in [2.75, 3.05) is 26.7 Å². The first kappa shape index (κ1) is 15.3. The molecule has 0 spiro atoms. The number of hydrogen-bond acceptors (Lipinski definition) is 2. The molecule has 1 aliphatic rings. The number of nitrogens with zero attached hydrogens (tertiary/aromatic N) is 2. The van der Waals surface area contributed by atoms with Crippen molar-refractivity contribution in [3.05, 3.63) is 0 Å². The van der Waals surface area contributed by atoms with Crippen LogP contribution >= 0.6 is 0 Å². The third-order valence-corrected chi connectivity index (χ3v) is 3.53. The van der Waals surface area contributed by atoms with Crippen molar-refractivity contribution in [1.82, 2.24) is 15.5 Å². The molecule has 1 fully saturated rings. The summed E-state index contributed by atoms with van der Waals surface area (Å²) in [4.78, 5) is 6.82. The summed E-state index contributed by atoms with van der Waals surface area (Å²) in [5.41, 5.74) is 0. The number of hydrogen-bond donors (Lipinski definition) is 2. The fourth-order valence-corrected chi connectivity index (χ4v) is 2.47. The quantitative estimate of drug-likeness (QED) is 0.592. The van der Waals surface area contributed by atoms with Crippen LogP contribution in [0.15, 0.2) is 4.99 Å². The molecule has 0 aromatic rings. The van der Waals surface area contributed by atoms with Crippen molar-refractivity contribution in [2.24, 2.45) is 10.9 Å². The topological polar surface area (TPSA) is 39.7 Å². The second kappa shape index (κ2) is 7.62. The van der Waals surface area contributed by atoms with Crippen LogP contribution in [0.4, 0.5) is 0 Å². The van der Waals surface area contributed by atoms with Gasteiger partial charge in [-0.3, -0.25) is 9.89 Å². The van der Waals surface area contributed by atoms with Gasteiger partial charge in [-0.05, 0) is 46.1 Å². The van der Waals surface area contributed by atoms with Gasteiger partial charge in [0.05, 0.1) is 0 Å². The number of aliphatic imine (C=N–C) groups is 1. The average Bonchev–Trinajstić information content (AvgIpc) is 2.33. The van der Waals surface area contributed by atoms with Gasteiger partial charge in [0.2, 0.25) is 0 Å². The number of piperidine rings is 1. The van der Waals surface area contributed by atoms with Crippen molar-refractivity contribution in [3.8, 4) is 0 Å². The molecule has 0 amide bonds. The molecule has 0 saturated carbocycles. The minimum atomic E-state index is 0.418. The van der Waals surface area contributed by atoms with E-state index in [1.807, 2.05) is 7.05 Å². The van der Waals surface area contributed by atoms with E-state index < -0.39 is 0 Å². The summed E-state index contributed by atoms with van der Waals surface area (Å²) < 4.78 is 0. The molecule has 1 heterocycles. The van der Waals surface area contributed by atoms with Gasteiger partial charge in [0.15, 0.2) is 5.96 Å². The van der Waals surface area contributed by atoms with E-state index in [-0.39, 0.29) is 0 Å². The summed E-state index contributed by atoms with van der Waals surface area (Å²) in [5.74, 6) is 1.75. The van der Waals surface area contributed by atoms with Gasteiger partial charge in [-0.2, -0.15) is 0 Å². The highest BCUT2D eigenvalue weighted by Crippen LogP contribution is 2.17. The zero-order valence-electron chi connectivity index (χ0n) is 12.7. The van der Waals surface area contributed by atoms with Crippen LogP contribution in [0.3, 0.4) is 0 Å². The molecule has 1 aliphatic heterocycles. The maximum absolute atomic E-state index is 4.24. The summed E-state index contributed by atoms with van der Waals surface area (Å²) in [5, 5.41) is 6.73. The van der Waals surface area contributed by atoms with Crippen molar-refractivity contribution in [1.29, 1.82) is 0 Å². The Morgan fingerprint density at radius 2 is 2.11 bits per heavy atom. The second-order valence-corrected chi connectivity index (χ2v) is 5.84. The fourth-order valence-electron chi connectivity index (χ4n) is 2.47. The van der Waals surface area contributed by atoms with E-state index >= 15 is 0 Å². The first-order chi connectivity index (χ1) is 8.52. The first-order valence-corrected chi connectivity index (χ1v) is 7.24. The molecule has 1 saturated heterocycles. The lowest BCUT2D eigenvalue weighted by Gasteiger charge is -2.35. The molecule has 0 aromatic carbocycles. The van der Waals surface area contributed by atoms with E-state index in [0.717, 1.165) is 18.4 Å². The maximum Gasteiger partial charge on any atom is 0.191 e. The molecule has 2 atom stereocenters. The van der Waals surface area contributed by atoms with Gasteiger partial charge in [-0.15, -0.1) is 0 Å². The highest BCUT2D eigenvalue weighted by atomic mass is 15.2. The summed E-state index contributed by atoms with van der Waals surface area (Å²) >= 11 is 0. The molecular formula is C14H30N4. The van der Waals surface area contributed by atoms with Gasteiger partial charge in [-0.1, -0.05) is 6.92 Å². The minimum Gasteiger partial charge on any atom is -0.355 e. The number of nitrogens with one attached hydrogen (secondary N) is 2. The predicted molar refractivity (Wildman–Crippen MR) is 79.1 cm³/mol. The number of likely N-dealkylation sites (tertiary alicyclic amines) is 1. The van der Waals surface area contributed by atoms with Crippen molar-refractivity contribution < 1.29 is 0 Å². The van der Waals surface area contributed by atoms with E-state index in [0.29, 0.717) is 12.1 Å². The van der Waals surface area contributed by atoms with Gasteiger partial charge in [0, 0.05) is 32.2 Å². The molecule has 0 aromatic heterocycles. The predicted octanol–water partition coefficient (Wildman–Crippen LogP) is 1.68. The number of guanidine groups is 1. The molecule has 4 nitrogen and oxygen atoms in total. The maximum atomic E-state index is 4.24. The molecule has 2 N–H and O–H groups in total. The summed E-state index contributed by atoms with van der Waals surface area (Å²) in [6.45, 7) is 12.3. The Kier molecular flexibility index (Phi) is 6.47. The van der Waals surface area contributed by atoms with Gasteiger partial charge >= 0.3 is 0 Å². The molecule has 1 rings (SSSR count). The van der Waals surface area contributed by atoms with Crippen LogP contribution in [0.25, 0.3) is 0 Å². The van der Waals surface area contributed by atoms with Crippen molar-refractivity contribution in [2.45, 2.75) is 52.6 Å². The Balaban J connectivity index is 2.33. The normalized spacial score (nSPS) is 24.1. The SMILES string of the molecule is CN=C(NCC(C)N1CCCC(C)C1)NC(C)C. The van der Waals surface area contributed by atoms with Crippen LogP contribution in [0.5, 0.6) is 0 Å². The van der Waals surface area contributed by atoms with E-state index in [1.165, 1.54) is 25.9 Å². The van der Waals surface area contributed by atoms with E-state index in [2.05, 4.69) is 48.2 Å². The molecule has 18 heavy (non-hydrogen) atoms. The summed E-state index contributed by atoms with van der Waals surface area (Å²) in [6, 6.07) is 0.986. The Hall–Kier alpha value is -0.770. The number of rotatable bonds is 4. The Bertz CT molecular complexity index is 263. The lowest BCUT2D eigenvalue weighted by atomic mass is 9.99. The van der Waals surface area contributed by atoms with Crippen LogP contribution < -0.4 is 10.6 Å². The Morgan fingerprint density at radius 1 is 1.39 bits per heavy atom. The van der Waals surface area contributed by atoms with Crippen LogP contribution in [-0.4, -0.2) is 49.6 Å². The third-order valence-electron chi connectivity index (χ3n) is 3.53. The van der Waals surface area contributed by atoms with Crippen LogP contribution in [-0.2, 0) is 0 Å². The van der Waals surface area contributed by atoms with Crippen LogP contribution in [0, 0.1) is 5.92 Å². The molecule has 106 valence electrons. The molecule has 0 bridgehead atoms. The van der Waals surface area contributed by atoms with E-state index in [9.17, 15) is 0 Å². The molecular weight excluding hydrogens is 224 g/mol. The molecule has 2 unspecified atom stereocenters. The fraction of sp³-hybridized carbons (Fsp3) is 0.929. The molecule has 0 aliphatic carbocycles. The lowest BCUT2D eigenvalue weighted by Crippen LogP contribution is -2.49. The second-order valence-electron chi connectivity index (χ2n) is 5.84. The Labute approximate surface area is 112 Å². The molecule has 4 heteroatoms. The molecule has 0 radical (unpaired) electrons. The zero-order chi connectivity index (χ0) is 13.5. The van der Waals surface area contributed by atoms with Gasteiger partial charge < -0.3 is 10.6 Å². The Morgan fingerprint density at radius 3 is 2.67 bits per heavy atom. The van der Waals surface area contributed by atoms with Crippen LogP contribution in [0.2, 0.25) is 0 Å².